The second-order valence-electron chi connectivity index (χ2n) is 9.43. The van der Waals surface area contributed by atoms with Crippen molar-refractivity contribution in [3.63, 3.8) is 0 Å². The molecule has 0 amide bonds. The minimum atomic E-state index is -0.0744. The smallest absolute Gasteiger partial charge is 0.232 e. The monoisotopic (exact) mass is 507 g/mol. The van der Waals surface area contributed by atoms with Gasteiger partial charge in [-0.05, 0) is 61.0 Å². The second kappa shape index (κ2) is 10.7. The predicted octanol–water partition coefficient (Wildman–Crippen LogP) is 5.30. The molecule has 2 aliphatic rings. The summed E-state index contributed by atoms with van der Waals surface area (Å²) < 4.78 is 5.63. The highest BCUT2D eigenvalue weighted by molar-refractivity contribution is 7.80. The van der Waals surface area contributed by atoms with Crippen LogP contribution in [0.1, 0.15) is 38.7 Å². The van der Waals surface area contributed by atoms with E-state index < -0.39 is 0 Å². The van der Waals surface area contributed by atoms with Crippen molar-refractivity contribution in [1.82, 2.24) is 15.3 Å². The fourth-order valence-corrected chi connectivity index (χ4v) is 5.47. The van der Waals surface area contributed by atoms with Crippen molar-refractivity contribution in [1.29, 1.82) is 0 Å². The molecule has 0 unspecified atom stereocenters. The van der Waals surface area contributed by atoms with Gasteiger partial charge in [0.1, 0.15) is 11.0 Å². The molecule has 1 aromatic heterocycles. The van der Waals surface area contributed by atoms with Crippen LogP contribution in [0.25, 0.3) is 0 Å². The quantitative estimate of drug-likeness (QED) is 0.420. The minimum absolute atomic E-state index is 0.0744. The van der Waals surface area contributed by atoms with Crippen LogP contribution >= 0.6 is 35.4 Å². The Morgan fingerprint density at radius 1 is 1.12 bits per heavy atom. The highest BCUT2D eigenvalue weighted by Gasteiger charge is 2.34. The SMILES string of the molecule is C[C@@H]1C[C@@H](C)CN(c2cc(Cl)nc(NC(=S)NCC3(c4ccc(Cl)cc4)CCOCC3)n2)C1. The van der Waals surface area contributed by atoms with E-state index in [1.807, 2.05) is 18.2 Å². The topological polar surface area (TPSA) is 62.3 Å². The third-order valence-electron chi connectivity index (χ3n) is 6.59. The summed E-state index contributed by atoms with van der Waals surface area (Å²) in [4.78, 5) is 11.3. The van der Waals surface area contributed by atoms with Crippen molar-refractivity contribution in [3.8, 4) is 0 Å². The standard InChI is InChI=1S/C24H31Cl2N5OS/c1-16-11-17(2)14-31(13-16)21-12-20(26)28-22(29-21)30-23(33)27-15-24(7-9-32-10-8-24)18-3-5-19(25)6-4-18/h3-6,12,16-17H,7-11,13-15H2,1-2H3,(H2,27,28,29,30,33)/t16-,17-/m1/s1. The maximum absolute atomic E-state index is 6.33. The summed E-state index contributed by atoms with van der Waals surface area (Å²) in [6.45, 7) is 8.60. The molecular formula is C24H31Cl2N5OS. The van der Waals surface area contributed by atoms with Crippen LogP contribution in [0.5, 0.6) is 0 Å². The first-order chi connectivity index (χ1) is 15.8. The molecule has 2 N–H and O–H groups in total. The molecule has 0 bridgehead atoms. The van der Waals surface area contributed by atoms with Gasteiger partial charge < -0.3 is 20.3 Å². The molecule has 1 aromatic carbocycles. The Morgan fingerprint density at radius 3 is 2.45 bits per heavy atom. The molecular weight excluding hydrogens is 477 g/mol. The lowest BCUT2D eigenvalue weighted by Gasteiger charge is -2.38. The Kier molecular flexibility index (Phi) is 7.95. The number of benzene rings is 1. The van der Waals surface area contributed by atoms with Crippen LogP contribution in [-0.2, 0) is 10.2 Å². The molecule has 4 rings (SSSR count). The van der Waals surface area contributed by atoms with Gasteiger partial charge in [-0.25, -0.2) is 4.98 Å². The lowest BCUT2D eigenvalue weighted by atomic mass is 9.74. The average Bonchev–Trinajstić information content (AvgIpc) is 2.78. The number of ether oxygens (including phenoxy) is 1. The van der Waals surface area contributed by atoms with Gasteiger partial charge in [0, 0.05) is 49.4 Å². The molecule has 0 aliphatic carbocycles. The minimum Gasteiger partial charge on any atom is -0.381 e. The first-order valence-corrected chi connectivity index (χ1v) is 12.7. The Hall–Kier alpha value is -1.67. The van der Waals surface area contributed by atoms with Gasteiger partial charge in [-0.1, -0.05) is 49.2 Å². The molecule has 33 heavy (non-hydrogen) atoms. The van der Waals surface area contributed by atoms with Crippen LogP contribution < -0.4 is 15.5 Å². The van der Waals surface area contributed by atoms with E-state index in [2.05, 4.69) is 46.5 Å². The van der Waals surface area contributed by atoms with Gasteiger partial charge >= 0.3 is 0 Å². The van der Waals surface area contributed by atoms with E-state index in [0.717, 1.165) is 50.0 Å². The molecule has 0 radical (unpaired) electrons. The summed E-state index contributed by atoms with van der Waals surface area (Å²) in [6.07, 6.45) is 3.05. The van der Waals surface area contributed by atoms with Gasteiger partial charge in [-0.15, -0.1) is 0 Å². The van der Waals surface area contributed by atoms with E-state index in [4.69, 9.17) is 45.1 Å². The van der Waals surface area contributed by atoms with E-state index in [-0.39, 0.29) is 5.41 Å². The van der Waals surface area contributed by atoms with Crippen LogP contribution in [0.4, 0.5) is 11.8 Å². The molecule has 0 saturated carbocycles. The summed E-state index contributed by atoms with van der Waals surface area (Å²) in [5.41, 5.74) is 1.16. The molecule has 0 spiro atoms. The van der Waals surface area contributed by atoms with Crippen molar-refractivity contribution in [2.45, 2.75) is 38.5 Å². The van der Waals surface area contributed by atoms with Crippen molar-refractivity contribution in [2.24, 2.45) is 11.8 Å². The summed E-state index contributed by atoms with van der Waals surface area (Å²) in [5.74, 6) is 2.48. The highest BCUT2D eigenvalue weighted by atomic mass is 35.5. The molecule has 2 aromatic rings. The van der Waals surface area contributed by atoms with Gasteiger partial charge in [0.15, 0.2) is 5.11 Å². The zero-order valence-corrected chi connectivity index (χ0v) is 21.4. The fourth-order valence-electron chi connectivity index (χ4n) is 5.00. The van der Waals surface area contributed by atoms with Gasteiger partial charge in [-0.3, -0.25) is 0 Å². The largest absolute Gasteiger partial charge is 0.381 e. The predicted molar refractivity (Wildman–Crippen MR) is 140 cm³/mol. The number of nitrogens with one attached hydrogen (secondary N) is 2. The summed E-state index contributed by atoms with van der Waals surface area (Å²) in [7, 11) is 0. The molecule has 2 saturated heterocycles. The first-order valence-electron chi connectivity index (χ1n) is 11.5. The maximum Gasteiger partial charge on any atom is 0.232 e. The van der Waals surface area contributed by atoms with E-state index >= 15 is 0 Å². The molecule has 2 fully saturated rings. The van der Waals surface area contributed by atoms with Crippen LogP contribution in [0.2, 0.25) is 10.2 Å². The third-order valence-corrected chi connectivity index (χ3v) is 7.29. The second-order valence-corrected chi connectivity index (χ2v) is 10.7. The van der Waals surface area contributed by atoms with Crippen molar-refractivity contribution in [2.75, 3.05) is 43.1 Å². The lowest BCUT2D eigenvalue weighted by Crippen LogP contribution is -2.45. The van der Waals surface area contributed by atoms with E-state index in [0.29, 0.717) is 34.6 Å². The van der Waals surface area contributed by atoms with Crippen molar-refractivity contribution in [3.05, 3.63) is 46.1 Å². The van der Waals surface area contributed by atoms with E-state index in [1.165, 1.54) is 12.0 Å². The number of halogens is 2. The van der Waals surface area contributed by atoms with Gasteiger partial charge in [0.05, 0.1) is 0 Å². The van der Waals surface area contributed by atoms with E-state index in [1.54, 1.807) is 0 Å². The van der Waals surface area contributed by atoms with Crippen LogP contribution in [0.3, 0.4) is 0 Å². The van der Waals surface area contributed by atoms with Gasteiger partial charge in [0.2, 0.25) is 5.95 Å². The van der Waals surface area contributed by atoms with Crippen LogP contribution in [0.15, 0.2) is 30.3 Å². The zero-order chi connectivity index (χ0) is 23.4. The number of piperidine rings is 1. The molecule has 178 valence electrons. The molecule has 9 heteroatoms. The summed E-state index contributed by atoms with van der Waals surface area (Å²) in [6, 6.07) is 9.89. The Bertz CT molecular complexity index is 958. The molecule has 3 heterocycles. The number of thiocarbonyl (C=S) groups is 1. The molecule has 2 aliphatic heterocycles. The number of rotatable bonds is 5. The average molecular weight is 509 g/mol. The highest BCUT2D eigenvalue weighted by Crippen LogP contribution is 2.35. The van der Waals surface area contributed by atoms with Crippen molar-refractivity contribution < 1.29 is 4.74 Å². The number of aromatic nitrogens is 2. The molecule has 6 nitrogen and oxygen atoms in total. The number of nitrogens with zero attached hydrogens (tertiary/aromatic N) is 3. The summed E-state index contributed by atoms with van der Waals surface area (Å²) >= 11 is 18.0. The van der Waals surface area contributed by atoms with E-state index in [9.17, 15) is 0 Å². The summed E-state index contributed by atoms with van der Waals surface area (Å²) in [5, 5.41) is 8.13. The third kappa shape index (κ3) is 6.27. The lowest BCUT2D eigenvalue weighted by molar-refractivity contribution is 0.0515. The van der Waals surface area contributed by atoms with Gasteiger partial charge in [-0.2, -0.15) is 4.98 Å². The number of hydrogen-bond acceptors (Lipinski definition) is 5. The maximum atomic E-state index is 6.33. The normalized spacial score (nSPS) is 22.6. The Balaban J connectivity index is 1.43. The first kappa shape index (κ1) is 24.5. The molecule has 2 atom stereocenters. The number of hydrogen-bond donors (Lipinski definition) is 2. The van der Waals surface area contributed by atoms with Gasteiger partial charge in [0.25, 0.3) is 0 Å². The zero-order valence-electron chi connectivity index (χ0n) is 19.1. The van der Waals surface area contributed by atoms with Crippen LogP contribution in [0, 0.1) is 11.8 Å². The number of anilines is 2. The van der Waals surface area contributed by atoms with Crippen molar-refractivity contribution >= 4 is 52.3 Å². The Morgan fingerprint density at radius 2 is 1.79 bits per heavy atom. The fraction of sp³-hybridized carbons (Fsp3) is 0.542. The Labute approximate surface area is 211 Å². The van der Waals surface area contributed by atoms with Crippen LogP contribution in [-0.4, -0.2) is 47.9 Å².